The van der Waals surface area contributed by atoms with E-state index in [9.17, 15) is 9.36 Å². The smallest absolute Gasteiger partial charge is 0.471 e. The first-order chi connectivity index (χ1) is 8.90. The molecule has 9 heteroatoms. The van der Waals surface area contributed by atoms with Crippen LogP contribution in [0.4, 0.5) is 5.82 Å². The van der Waals surface area contributed by atoms with Gasteiger partial charge in [0.15, 0.2) is 18.2 Å². The molecule has 0 aliphatic carbocycles. The van der Waals surface area contributed by atoms with Gasteiger partial charge in [-0.15, -0.1) is 0 Å². The van der Waals surface area contributed by atoms with Gasteiger partial charge in [-0.3, -0.25) is 14.2 Å². The Balaban J connectivity index is 2.28. The maximum atomic E-state index is 11.7. The van der Waals surface area contributed by atoms with Crippen molar-refractivity contribution < 1.29 is 28.4 Å². The summed E-state index contributed by atoms with van der Waals surface area (Å²) >= 11 is 0. The third kappa shape index (κ3) is 3.30. The summed E-state index contributed by atoms with van der Waals surface area (Å²) < 4.78 is 20.2. The molecule has 104 valence electrons. The summed E-state index contributed by atoms with van der Waals surface area (Å²) in [5.41, 5.74) is 0.734. The predicted octanol–water partition coefficient (Wildman–Crippen LogP) is 0.436. The molecule has 0 unspecified atom stereocenters. The van der Waals surface area contributed by atoms with Crippen LogP contribution in [0.1, 0.15) is 12.6 Å². The average molecular weight is 288 g/mol. The van der Waals surface area contributed by atoms with E-state index in [0.29, 0.717) is 12.2 Å². The molecule has 1 amide bonds. The number of aryl methyl sites for hydroxylation is 1. The van der Waals surface area contributed by atoms with E-state index < -0.39 is 20.5 Å². The number of rotatable bonds is 4. The van der Waals surface area contributed by atoms with Crippen LogP contribution >= 0.6 is 7.82 Å². The molecular weight excluding hydrogens is 275 g/mol. The van der Waals surface area contributed by atoms with E-state index in [1.165, 1.54) is 0 Å². The molecule has 1 aliphatic heterocycles. The van der Waals surface area contributed by atoms with Gasteiger partial charge in [-0.1, -0.05) is 6.92 Å². The van der Waals surface area contributed by atoms with Gasteiger partial charge >= 0.3 is 7.82 Å². The second kappa shape index (κ2) is 5.26. The van der Waals surface area contributed by atoms with Crippen LogP contribution in [-0.4, -0.2) is 34.0 Å². The number of pyridine rings is 1. The van der Waals surface area contributed by atoms with Crippen LogP contribution in [0.2, 0.25) is 0 Å². The Kier molecular flexibility index (Phi) is 3.86. The number of nitrogens with zero attached hydrogens (tertiary/aromatic N) is 2. The SMILES string of the molecule is CCc1ccc2c(n1)N(COP(=O)(O)O)C(=O)CO2. The molecule has 0 aromatic carbocycles. The Labute approximate surface area is 109 Å². The maximum Gasteiger partial charge on any atom is 0.471 e. The van der Waals surface area contributed by atoms with Gasteiger partial charge in [-0.2, -0.15) is 0 Å². The molecule has 0 atom stereocenters. The first-order valence-corrected chi connectivity index (χ1v) is 7.07. The summed E-state index contributed by atoms with van der Waals surface area (Å²) in [6.45, 7) is 1.11. The Morgan fingerprint density at radius 1 is 1.53 bits per heavy atom. The number of phosphoric acid groups is 1. The van der Waals surface area contributed by atoms with Crippen LogP contribution in [0.15, 0.2) is 12.1 Å². The predicted molar refractivity (Wildman–Crippen MR) is 64.6 cm³/mol. The summed E-state index contributed by atoms with van der Waals surface area (Å²) in [7, 11) is -4.65. The largest absolute Gasteiger partial charge is 0.480 e. The number of aromatic nitrogens is 1. The standard InChI is InChI=1S/C10H13N2O6P/c1-2-7-3-4-8-10(11-7)12(9(13)5-17-8)6-18-19(14,15)16/h3-4H,2,5-6H2,1H3,(H2,14,15,16). The van der Waals surface area contributed by atoms with E-state index in [2.05, 4.69) is 9.51 Å². The van der Waals surface area contributed by atoms with Crippen molar-refractivity contribution in [1.29, 1.82) is 0 Å². The van der Waals surface area contributed by atoms with Crippen LogP contribution in [0, 0.1) is 0 Å². The molecule has 0 spiro atoms. The van der Waals surface area contributed by atoms with Crippen molar-refractivity contribution in [3.63, 3.8) is 0 Å². The van der Waals surface area contributed by atoms with Gasteiger partial charge in [-0.25, -0.2) is 9.55 Å². The lowest BCUT2D eigenvalue weighted by molar-refractivity contribution is -0.122. The Hall–Kier alpha value is -1.47. The van der Waals surface area contributed by atoms with Gasteiger partial charge < -0.3 is 14.5 Å². The van der Waals surface area contributed by atoms with Crippen molar-refractivity contribution in [2.45, 2.75) is 13.3 Å². The molecule has 19 heavy (non-hydrogen) atoms. The second-order valence-corrected chi connectivity index (χ2v) is 5.08. The number of ether oxygens (including phenoxy) is 1. The van der Waals surface area contributed by atoms with Crippen molar-refractivity contribution in [2.24, 2.45) is 0 Å². The van der Waals surface area contributed by atoms with Gasteiger partial charge in [0.2, 0.25) is 0 Å². The van der Waals surface area contributed by atoms with Crippen LogP contribution in [0.5, 0.6) is 5.75 Å². The van der Waals surface area contributed by atoms with Gasteiger partial charge in [0.25, 0.3) is 5.91 Å². The maximum absolute atomic E-state index is 11.7. The Morgan fingerprint density at radius 3 is 2.89 bits per heavy atom. The quantitative estimate of drug-likeness (QED) is 0.773. The molecule has 2 N–H and O–H groups in total. The fraction of sp³-hybridized carbons (Fsp3) is 0.400. The number of carbonyl (C=O) groups excluding carboxylic acids is 1. The lowest BCUT2D eigenvalue weighted by atomic mass is 10.2. The number of phosphoric ester groups is 1. The molecule has 0 fully saturated rings. The highest BCUT2D eigenvalue weighted by atomic mass is 31.2. The highest BCUT2D eigenvalue weighted by Crippen LogP contribution is 2.37. The van der Waals surface area contributed by atoms with Crippen molar-refractivity contribution in [3.8, 4) is 5.75 Å². The van der Waals surface area contributed by atoms with Crippen molar-refractivity contribution in [2.75, 3.05) is 18.2 Å². The van der Waals surface area contributed by atoms with Gasteiger partial charge in [0.05, 0.1) is 0 Å². The zero-order chi connectivity index (χ0) is 14.0. The van der Waals surface area contributed by atoms with Gasteiger partial charge in [0.1, 0.15) is 6.73 Å². The van der Waals surface area contributed by atoms with Gasteiger partial charge in [-0.05, 0) is 18.6 Å². The number of hydrogen-bond donors (Lipinski definition) is 2. The summed E-state index contributed by atoms with van der Waals surface area (Å²) in [6, 6.07) is 3.43. The summed E-state index contributed by atoms with van der Waals surface area (Å²) in [5.74, 6) is 0.122. The zero-order valence-electron chi connectivity index (χ0n) is 10.1. The number of carbonyl (C=O) groups is 1. The molecular formula is C10H13N2O6P. The molecule has 2 heterocycles. The van der Waals surface area contributed by atoms with E-state index in [1.807, 2.05) is 6.92 Å². The lowest BCUT2D eigenvalue weighted by Gasteiger charge is -2.28. The Bertz CT molecular complexity index is 543. The highest BCUT2D eigenvalue weighted by molar-refractivity contribution is 7.46. The summed E-state index contributed by atoms with van der Waals surface area (Å²) in [5, 5.41) is 0. The highest BCUT2D eigenvalue weighted by Gasteiger charge is 2.29. The Morgan fingerprint density at radius 2 is 2.26 bits per heavy atom. The first-order valence-electron chi connectivity index (χ1n) is 5.54. The minimum absolute atomic E-state index is 0.212. The van der Waals surface area contributed by atoms with E-state index in [4.69, 9.17) is 14.5 Å². The molecule has 0 bridgehead atoms. The molecule has 1 aliphatic rings. The van der Waals surface area contributed by atoms with Gasteiger partial charge in [0, 0.05) is 5.69 Å². The molecule has 0 radical (unpaired) electrons. The molecule has 1 aromatic heterocycles. The number of fused-ring (bicyclic) bond motifs is 1. The van der Waals surface area contributed by atoms with Crippen LogP contribution in [-0.2, 0) is 20.3 Å². The third-order valence-corrected chi connectivity index (χ3v) is 2.97. The number of anilines is 1. The fourth-order valence-corrected chi connectivity index (χ4v) is 1.85. The van der Waals surface area contributed by atoms with Crippen LogP contribution < -0.4 is 9.64 Å². The normalized spacial score (nSPS) is 15.1. The third-order valence-electron chi connectivity index (χ3n) is 2.52. The van der Waals surface area contributed by atoms with Crippen molar-refractivity contribution in [1.82, 2.24) is 4.98 Å². The molecule has 2 rings (SSSR count). The van der Waals surface area contributed by atoms with E-state index >= 15 is 0 Å². The van der Waals surface area contributed by atoms with Crippen LogP contribution in [0.3, 0.4) is 0 Å². The summed E-state index contributed by atoms with van der Waals surface area (Å²) in [6.07, 6.45) is 0.661. The topological polar surface area (TPSA) is 109 Å². The first kappa shape index (κ1) is 14.0. The molecule has 0 saturated carbocycles. The molecule has 1 aromatic rings. The fourth-order valence-electron chi connectivity index (χ4n) is 1.58. The number of amides is 1. The average Bonchev–Trinajstić information content (AvgIpc) is 2.35. The van der Waals surface area contributed by atoms with E-state index in [-0.39, 0.29) is 12.4 Å². The molecule has 8 nitrogen and oxygen atoms in total. The minimum Gasteiger partial charge on any atom is -0.480 e. The lowest BCUT2D eigenvalue weighted by Crippen LogP contribution is -2.40. The van der Waals surface area contributed by atoms with E-state index in [1.54, 1.807) is 12.1 Å². The summed E-state index contributed by atoms with van der Waals surface area (Å²) in [4.78, 5) is 34.3. The molecule has 0 saturated heterocycles. The van der Waals surface area contributed by atoms with E-state index in [0.717, 1.165) is 10.6 Å². The van der Waals surface area contributed by atoms with Crippen LogP contribution in [0.25, 0.3) is 0 Å². The monoisotopic (exact) mass is 288 g/mol. The number of hydrogen-bond acceptors (Lipinski definition) is 5. The second-order valence-electron chi connectivity index (χ2n) is 3.84. The zero-order valence-corrected chi connectivity index (χ0v) is 11.0. The van der Waals surface area contributed by atoms with Crippen molar-refractivity contribution >= 4 is 19.5 Å². The van der Waals surface area contributed by atoms with Crippen molar-refractivity contribution in [3.05, 3.63) is 17.8 Å². The minimum atomic E-state index is -4.65.